The number of hydrogen-bond donors (Lipinski definition) is 1. The van der Waals surface area contributed by atoms with Crippen LogP contribution in [-0.2, 0) is 11.2 Å². The van der Waals surface area contributed by atoms with Gasteiger partial charge in [0.25, 0.3) is 5.91 Å². The van der Waals surface area contributed by atoms with Crippen molar-refractivity contribution < 1.29 is 9.53 Å². The van der Waals surface area contributed by atoms with E-state index in [-0.39, 0.29) is 12.5 Å². The molecule has 2 aromatic carbocycles. The van der Waals surface area contributed by atoms with Gasteiger partial charge in [-0.25, -0.2) is 0 Å². The van der Waals surface area contributed by atoms with Crippen LogP contribution in [0.5, 0.6) is 5.75 Å². The van der Waals surface area contributed by atoms with E-state index in [2.05, 4.69) is 26.1 Å². The molecule has 0 aromatic heterocycles. The van der Waals surface area contributed by atoms with E-state index in [0.29, 0.717) is 11.7 Å². The summed E-state index contributed by atoms with van der Waals surface area (Å²) in [6.45, 7) is 8.39. The van der Waals surface area contributed by atoms with Crippen LogP contribution in [0.25, 0.3) is 0 Å². The minimum Gasteiger partial charge on any atom is -0.484 e. The average molecular weight is 311 g/mol. The molecule has 0 aliphatic rings. The number of rotatable bonds is 6. The van der Waals surface area contributed by atoms with E-state index in [1.807, 2.05) is 49.4 Å². The number of para-hydroxylation sites is 1. The number of anilines is 1. The van der Waals surface area contributed by atoms with Gasteiger partial charge in [-0.05, 0) is 48.1 Å². The molecule has 2 aromatic rings. The van der Waals surface area contributed by atoms with Gasteiger partial charge in [-0.3, -0.25) is 4.79 Å². The molecule has 1 amide bonds. The second kappa shape index (κ2) is 7.82. The number of hydrogen-bond acceptors (Lipinski definition) is 2. The molecule has 0 unspecified atom stereocenters. The normalized spacial score (nSPS) is 10.7. The van der Waals surface area contributed by atoms with Crippen molar-refractivity contribution in [2.75, 3.05) is 11.9 Å². The maximum atomic E-state index is 12.1. The van der Waals surface area contributed by atoms with E-state index in [1.54, 1.807) is 0 Å². The minimum absolute atomic E-state index is 0.0124. The Balaban J connectivity index is 1.95. The van der Waals surface area contributed by atoms with Crippen molar-refractivity contribution in [2.45, 2.75) is 40.0 Å². The van der Waals surface area contributed by atoms with Gasteiger partial charge >= 0.3 is 0 Å². The molecule has 0 atom stereocenters. The Morgan fingerprint density at radius 2 is 1.83 bits per heavy atom. The smallest absolute Gasteiger partial charge is 0.262 e. The van der Waals surface area contributed by atoms with Crippen molar-refractivity contribution in [2.24, 2.45) is 0 Å². The zero-order valence-electron chi connectivity index (χ0n) is 14.3. The summed E-state index contributed by atoms with van der Waals surface area (Å²) in [5, 5.41) is 2.97. The van der Waals surface area contributed by atoms with E-state index in [0.717, 1.165) is 23.2 Å². The zero-order valence-corrected chi connectivity index (χ0v) is 14.3. The number of aryl methyl sites for hydroxylation is 2. The van der Waals surface area contributed by atoms with Crippen molar-refractivity contribution in [3.05, 3.63) is 59.2 Å². The number of amides is 1. The van der Waals surface area contributed by atoms with Crippen LogP contribution in [0.1, 0.15) is 43.4 Å². The highest BCUT2D eigenvalue weighted by Gasteiger charge is 2.09. The third-order valence-corrected chi connectivity index (χ3v) is 3.92. The van der Waals surface area contributed by atoms with Gasteiger partial charge in [0.15, 0.2) is 6.61 Å². The lowest BCUT2D eigenvalue weighted by atomic mass is 10.0. The molecule has 0 bridgehead atoms. The fourth-order valence-electron chi connectivity index (χ4n) is 2.48. The van der Waals surface area contributed by atoms with Gasteiger partial charge in [-0.15, -0.1) is 0 Å². The van der Waals surface area contributed by atoms with Crippen LogP contribution >= 0.6 is 0 Å². The van der Waals surface area contributed by atoms with Crippen molar-refractivity contribution in [3.63, 3.8) is 0 Å². The lowest BCUT2D eigenvalue weighted by molar-refractivity contribution is -0.118. The highest BCUT2D eigenvalue weighted by atomic mass is 16.5. The first-order chi connectivity index (χ1) is 11.0. The molecule has 3 nitrogen and oxygen atoms in total. The molecule has 23 heavy (non-hydrogen) atoms. The van der Waals surface area contributed by atoms with Gasteiger partial charge in [-0.2, -0.15) is 0 Å². The molecule has 0 radical (unpaired) electrons. The molecular formula is C20H25NO2. The number of benzene rings is 2. The van der Waals surface area contributed by atoms with Crippen LogP contribution in [-0.4, -0.2) is 12.5 Å². The number of carbonyl (C=O) groups excluding carboxylic acids is 1. The SMILES string of the molecule is CCc1cccc(C)c1NC(=O)COc1ccc(C(C)C)cc1. The predicted octanol–water partition coefficient (Wildman–Crippen LogP) is 4.70. The molecule has 0 saturated heterocycles. The van der Waals surface area contributed by atoms with E-state index in [9.17, 15) is 4.79 Å². The summed E-state index contributed by atoms with van der Waals surface area (Å²) in [6, 6.07) is 13.9. The van der Waals surface area contributed by atoms with Gasteiger partial charge in [0, 0.05) is 5.69 Å². The Kier molecular flexibility index (Phi) is 5.80. The summed E-state index contributed by atoms with van der Waals surface area (Å²) in [5.41, 5.74) is 4.37. The molecule has 0 heterocycles. The van der Waals surface area contributed by atoms with Crippen LogP contribution in [0.4, 0.5) is 5.69 Å². The summed E-state index contributed by atoms with van der Waals surface area (Å²) in [6.07, 6.45) is 0.884. The molecular weight excluding hydrogens is 286 g/mol. The zero-order chi connectivity index (χ0) is 16.8. The van der Waals surface area contributed by atoms with Gasteiger partial charge < -0.3 is 10.1 Å². The molecule has 122 valence electrons. The van der Waals surface area contributed by atoms with Crippen LogP contribution in [0.3, 0.4) is 0 Å². The van der Waals surface area contributed by atoms with Crippen LogP contribution in [0.2, 0.25) is 0 Å². The standard InChI is InChI=1S/C20H25NO2/c1-5-16-8-6-7-15(4)20(16)21-19(22)13-23-18-11-9-17(10-12-18)14(2)3/h6-12,14H,5,13H2,1-4H3,(H,21,22). The van der Waals surface area contributed by atoms with Crippen molar-refractivity contribution in [1.82, 2.24) is 0 Å². The van der Waals surface area contributed by atoms with E-state index >= 15 is 0 Å². The fourth-order valence-corrected chi connectivity index (χ4v) is 2.48. The van der Waals surface area contributed by atoms with E-state index in [4.69, 9.17) is 4.74 Å². The summed E-state index contributed by atoms with van der Waals surface area (Å²) >= 11 is 0. The first-order valence-electron chi connectivity index (χ1n) is 8.12. The largest absolute Gasteiger partial charge is 0.484 e. The minimum atomic E-state index is -0.137. The molecule has 0 fully saturated rings. The molecule has 0 spiro atoms. The van der Waals surface area contributed by atoms with Crippen LogP contribution in [0.15, 0.2) is 42.5 Å². The Morgan fingerprint density at radius 3 is 2.43 bits per heavy atom. The Hall–Kier alpha value is -2.29. The first kappa shape index (κ1) is 17.1. The van der Waals surface area contributed by atoms with Crippen molar-refractivity contribution in [1.29, 1.82) is 0 Å². The van der Waals surface area contributed by atoms with Gasteiger partial charge in [0.2, 0.25) is 0 Å². The molecule has 1 N–H and O–H groups in total. The van der Waals surface area contributed by atoms with Crippen LogP contribution < -0.4 is 10.1 Å². The Morgan fingerprint density at radius 1 is 1.13 bits per heavy atom. The van der Waals surface area contributed by atoms with E-state index in [1.165, 1.54) is 5.56 Å². The van der Waals surface area contributed by atoms with E-state index < -0.39 is 0 Å². The van der Waals surface area contributed by atoms with Gasteiger partial charge in [0.05, 0.1) is 0 Å². The lowest BCUT2D eigenvalue weighted by Gasteiger charge is -2.13. The average Bonchev–Trinajstić information content (AvgIpc) is 2.55. The lowest BCUT2D eigenvalue weighted by Crippen LogP contribution is -2.21. The maximum Gasteiger partial charge on any atom is 0.262 e. The molecule has 0 aliphatic heterocycles. The predicted molar refractivity (Wildman–Crippen MR) is 95.2 cm³/mol. The van der Waals surface area contributed by atoms with Crippen molar-refractivity contribution >= 4 is 11.6 Å². The quantitative estimate of drug-likeness (QED) is 0.840. The highest BCUT2D eigenvalue weighted by Crippen LogP contribution is 2.21. The fraction of sp³-hybridized carbons (Fsp3) is 0.350. The first-order valence-corrected chi connectivity index (χ1v) is 8.12. The number of nitrogens with one attached hydrogen (secondary N) is 1. The Bertz CT molecular complexity index is 660. The second-order valence-electron chi connectivity index (χ2n) is 6.02. The number of carbonyl (C=O) groups is 1. The second-order valence-corrected chi connectivity index (χ2v) is 6.02. The highest BCUT2D eigenvalue weighted by molar-refractivity contribution is 5.93. The molecule has 3 heteroatoms. The number of ether oxygens (including phenoxy) is 1. The molecule has 2 rings (SSSR count). The molecule has 0 saturated carbocycles. The third-order valence-electron chi connectivity index (χ3n) is 3.92. The molecule has 0 aliphatic carbocycles. The third kappa shape index (κ3) is 4.59. The summed E-state index contributed by atoms with van der Waals surface area (Å²) in [4.78, 5) is 12.1. The van der Waals surface area contributed by atoms with Crippen molar-refractivity contribution in [3.8, 4) is 5.75 Å². The van der Waals surface area contributed by atoms with Gasteiger partial charge in [-0.1, -0.05) is 51.1 Å². The topological polar surface area (TPSA) is 38.3 Å². The monoisotopic (exact) mass is 311 g/mol. The Labute approximate surface area is 138 Å². The summed E-state index contributed by atoms with van der Waals surface area (Å²) < 4.78 is 5.58. The maximum absolute atomic E-state index is 12.1. The summed E-state index contributed by atoms with van der Waals surface area (Å²) in [5.74, 6) is 1.06. The summed E-state index contributed by atoms with van der Waals surface area (Å²) in [7, 11) is 0. The van der Waals surface area contributed by atoms with Gasteiger partial charge in [0.1, 0.15) is 5.75 Å². The van der Waals surface area contributed by atoms with Crippen LogP contribution in [0, 0.1) is 6.92 Å².